The quantitative estimate of drug-likeness (QED) is 0.374. The molecule has 2 rings (SSSR count). The van der Waals surface area contributed by atoms with E-state index < -0.39 is 4.92 Å². The third-order valence-electron chi connectivity index (χ3n) is 2.31. The highest BCUT2D eigenvalue weighted by atomic mass is 127. The lowest BCUT2D eigenvalue weighted by Gasteiger charge is -2.06. The summed E-state index contributed by atoms with van der Waals surface area (Å²) in [5, 5.41) is 11.5. The fraction of sp³-hybridized carbons (Fsp3) is 0. The lowest BCUT2D eigenvalue weighted by atomic mass is 10.0. The molecule has 0 aromatic heterocycles. The Balaban J connectivity index is 2.73. The fourth-order valence-electron chi connectivity index (χ4n) is 1.53. The van der Waals surface area contributed by atoms with Crippen LogP contribution in [0.2, 0.25) is 5.02 Å². The van der Waals surface area contributed by atoms with Crippen LogP contribution in [0.4, 0.5) is 5.69 Å². The predicted molar refractivity (Wildman–Crippen MR) is 82.8 cm³/mol. The van der Waals surface area contributed by atoms with Crippen LogP contribution in [0, 0.1) is 19.8 Å². The van der Waals surface area contributed by atoms with E-state index in [-0.39, 0.29) is 5.69 Å². The molecule has 0 spiro atoms. The molecular weight excluding hydrogens is 432 g/mol. The van der Waals surface area contributed by atoms with Crippen molar-refractivity contribution in [1.29, 1.82) is 0 Å². The summed E-state index contributed by atoms with van der Waals surface area (Å²) < 4.78 is 1.61. The molecule has 0 saturated carbocycles. The Kier molecular flexibility index (Phi) is 4.24. The average Bonchev–Trinajstić information content (AvgIpc) is 2.31. The Hall–Kier alpha value is -0.660. The van der Waals surface area contributed by atoms with Gasteiger partial charge in [-0.3, -0.25) is 10.1 Å². The van der Waals surface area contributed by atoms with Crippen molar-refractivity contribution in [1.82, 2.24) is 0 Å². The molecule has 2 aromatic rings. The number of nitrogens with zero attached hydrogens (tertiary/aromatic N) is 1. The van der Waals surface area contributed by atoms with Gasteiger partial charge in [-0.25, -0.2) is 0 Å². The van der Waals surface area contributed by atoms with Crippen LogP contribution in [0.5, 0.6) is 0 Å². The predicted octanol–water partition coefficient (Wildman–Crippen LogP) is 5.08. The minimum atomic E-state index is -0.436. The maximum atomic E-state index is 11.0. The second-order valence-electron chi connectivity index (χ2n) is 3.46. The maximum Gasteiger partial charge on any atom is 0.277 e. The standard InChI is InChI=1S/C12H5BrClINO2/c13-7-1-4-12(16(17)18)10(5-7)9-6-8(15)2-3-11(9)14/h2-6H. The van der Waals surface area contributed by atoms with Crippen molar-refractivity contribution >= 4 is 55.8 Å². The zero-order valence-corrected chi connectivity index (χ0v) is 13.3. The summed E-state index contributed by atoms with van der Waals surface area (Å²) in [6.45, 7) is 0. The smallest absolute Gasteiger partial charge is 0.258 e. The average molecular weight is 437 g/mol. The fourth-order valence-corrected chi connectivity index (χ4v) is 2.58. The summed E-state index contributed by atoms with van der Waals surface area (Å²) in [6, 6.07) is 11.1. The zero-order chi connectivity index (χ0) is 13.3. The van der Waals surface area contributed by atoms with Crippen molar-refractivity contribution in [3.05, 3.63) is 59.6 Å². The molecule has 0 saturated heterocycles. The van der Waals surface area contributed by atoms with Crippen LogP contribution in [0.3, 0.4) is 0 Å². The lowest BCUT2D eigenvalue weighted by Crippen LogP contribution is -1.93. The molecule has 0 atom stereocenters. The Morgan fingerprint density at radius 1 is 1.33 bits per heavy atom. The minimum absolute atomic E-state index is 0.0119. The second-order valence-corrected chi connectivity index (χ2v) is 5.97. The number of rotatable bonds is 2. The van der Waals surface area contributed by atoms with Crippen LogP contribution in [0.1, 0.15) is 0 Å². The molecule has 0 amide bonds. The number of benzene rings is 2. The van der Waals surface area contributed by atoms with Crippen LogP contribution in [-0.4, -0.2) is 4.92 Å². The van der Waals surface area contributed by atoms with Gasteiger partial charge in [0.25, 0.3) is 5.69 Å². The van der Waals surface area contributed by atoms with Crippen molar-refractivity contribution in [2.75, 3.05) is 0 Å². The van der Waals surface area contributed by atoms with Crippen LogP contribution in [0.25, 0.3) is 11.1 Å². The summed E-state index contributed by atoms with van der Waals surface area (Å²) in [5.41, 5.74) is 1.11. The van der Waals surface area contributed by atoms with Crippen molar-refractivity contribution in [2.45, 2.75) is 0 Å². The Morgan fingerprint density at radius 3 is 2.72 bits per heavy atom. The molecule has 1 radical (unpaired) electrons. The van der Waals surface area contributed by atoms with Gasteiger partial charge in [-0.05, 0) is 46.9 Å². The topological polar surface area (TPSA) is 43.1 Å². The summed E-state index contributed by atoms with van der Waals surface area (Å²) in [5.74, 6) is 0. The van der Waals surface area contributed by atoms with E-state index in [9.17, 15) is 10.1 Å². The van der Waals surface area contributed by atoms with Crippen molar-refractivity contribution in [2.24, 2.45) is 0 Å². The monoisotopic (exact) mass is 436 g/mol. The highest BCUT2D eigenvalue weighted by Gasteiger charge is 2.18. The van der Waals surface area contributed by atoms with E-state index in [4.69, 9.17) is 11.6 Å². The molecule has 0 aliphatic rings. The molecule has 0 bridgehead atoms. The second kappa shape index (κ2) is 5.54. The van der Waals surface area contributed by atoms with Gasteiger partial charge in [-0.2, -0.15) is 0 Å². The Morgan fingerprint density at radius 2 is 2.06 bits per heavy atom. The number of nitro benzene ring substituents is 1. The molecule has 3 nitrogen and oxygen atoms in total. The third kappa shape index (κ3) is 2.84. The summed E-state index contributed by atoms with van der Waals surface area (Å²) in [6.07, 6.45) is 0. The van der Waals surface area contributed by atoms with Gasteiger partial charge in [0, 0.05) is 30.8 Å². The molecule has 0 unspecified atom stereocenters. The number of hydrogen-bond acceptors (Lipinski definition) is 2. The van der Waals surface area contributed by atoms with E-state index in [1.165, 1.54) is 6.07 Å². The first-order chi connectivity index (χ1) is 8.49. The molecule has 0 aliphatic heterocycles. The lowest BCUT2D eigenvalue weighted by molar-refractivity contribution is -0.384. The molecule has 0 N–H and O–H groups in total. The summed E-state index contributed by atoms with van der Waals surface area (Å²) in [7, 11) is 0. The minimum Gasteiger partial charge on any atom is -0.258 e. The highest BCUT2D eigenvalue weighted by molar-refractivity contribution is 14.1. The molecule has 0 heterocycles. The van der Waals surface area contributed by atoms with Crippen molar-refractivity contribution < 1.29 is 4.92 Å². The number of halogens is 3. The van der Waals surface area contributed by atoms with Gasteiger partial charge in [0.05, 0.1) is 10.5 Å². The van der Waals surface area contributed by atoms with Crippen LogP contribution >= 0.6 is 50.1 Å². The van der Waals surface area contributed by atoms with E-state index in [0.29, 0.717) is 20.6 Å². The van der Waals surface area contributed by atoms with E-state index in [1.807, 2.05) is 12.1 Å². The number of nitro groups is 1. The zero-order valence-electron chi connectivity index (χ0n) is 8.78. The van der Waals surface area contributed by atoms with Gasteiger partial charge in [0.2, 0.25) is 0 Å². The highest BCUT2D eigenvalue weighted by Crippen LogP contribution is 2.37. The van der Waals surface area contributed by atoms with Crippen molar-refractivity contribution in [3.63, 3.8) is 0 Å². The molecule has 18 heavy (non-hydrogen) atoms. The molecule has 0 aliphatic carbocycles. The molecule has 6 heteroatoms. The summed E-state index contributed by atoms with van der Waals surface area (Å²) >= 11 is 11.5. The van der Waals surface area contributed by atoms with Gasteiger partial charge in [0.1, 0.15) is 0 Å². The number of hydrogen-bond donors (Lipinski definition) is 0. The maximum absolute atomic E-state index is 11.0. The van der Waals surface area contributed by atoms with E-state index in [0.717, 1.165) is 3.57 Å². The third-order valence-corrected chi connectivity index (χ3v) is 3.77. The van der Waals surface area contributed by atoms with Gasteiger partial charge in [-0.1, -0.05) is 27.5 Å². The first-order valence-corrected chi connectivity index (χ1v) is 7.05. The SMILES string of the molecule is O=[N+]([O-])c1c[c]c(Br)cc1-c1cc(I)ccc1Cl. The normalized spacial score (nSPS) is 10.4. The first-order valence-electron chi connectivity index (χ1n) is 4.80. The summed E-state index contributed by atoms with van der Waals surface area (Å²) in [4.78, 5) is 10.6. The van der Waals surface area contributed by atoms with E-state index >= 15 is 0 Å². The van der Waals surface area contributed by atoms with E-state index in [2.05, 4.69) is 44.6 Å². The van der Waals surface area contributed by atoms with Gasteiger partial charge >= 0.3 is 0 Å². The van der Waals surface area contributed by atoms with Gasteiger partial charge < -0.3 is 0 Å². The van der Waals surface area contributed by atoms with Crippen LogP contribution in [-0.2, 0) is 0 Å². The van der Waals surface area contributed by atoms with Gasteiger partial charge in [-0.15, -0.1) is 0 Å². The van der Waals surface area contributed by atoms with E-state index in [1.54, 1.807) is 12.1 Å². The Bertz CT molecular complexity index is 633. The largest absolute Gasteiger partial charge is 0.277 e. The van der Waals surface area contributed by atoms with Gasteiger partial charge in [0.15, 0.2) is 0 Å². The molecule has 91 valence electrons. The molecular formula is C12H5BrClINO2. The van der Waals surface area contributed by atoms with Crippen molar-refractivity contribution in [3.8, 4) is 11.1 Å². The molecule has 2 aromatic carbocycles. The van der Waals surface area contributed by atoms with Crippen LogP contribution in [0.15, 0.2) is 34.8 Å². The van der Waals surface area contributed by atoms with Crippen LogP contribution < -0.4 is 0 Å². The Labute approximate surface area is 131 Å². The first kappa shape index (κ1) is 13.8. The molecule has 0 fully saturated rings.